The topological polar surface area (TPSA) is 83.2 Å². The second-order valence-electron chi connectivity index (χ2n) is 6.92. The van der Waals surface area contributed by atoms with Gasteiger partial charge in [-0.15, -0.1) is 0 Å². The number of amides is 1. The van der Waals surface area contributed by atoms with Crippen LogP contribution in [-0.4, -0.2) is 80.7 Å². The Kier molecular flexibility index (Phi) is 7.78. The predicted molar refractivity (Wildman–Crippen MR) is 95.9 cm³/mol. The summed E-state index contributed by atoms with van der Waals surface area (Å²) in [5.41, 5.74) is 5.86. The predicted octanol–water partition coefficient (Wildman–Crippen LogP) is 0.260. The van der Waals surface area contributed by atoms with Crippen LogP contribution < -0.4 is 11.1 Å². The summed E-state index contributed by atoms with van der Waals surface area (Å²) in [4.78, 5) is 21.2. The first-order chi connectivity index (χ1) is 11.6. The lowest BCUT2D eigenvalue weighted by Crippen LogP contribution is -2.50. The summed E-state index contributed by atoms with van der Waals surface area (Å²) < 4.78 is 5.06. The number of nitrogens with two attached hydrogens (primary N) is 1. The van der Waals surface area contributed by atoms with Gasteiger partial charge in [-0.05, 0) is 19.8 Å². The number of piperazine rings is 1. The van der Waals surface area contributed by atoms with E-state index in [-0.39, 0.29) is 6.04 Å². The fraction of sp³-hybridized carbons (Fsp3) is 0.882. The molecule has 1 amide bonds. The van der Waals surface area contributed by atoms with Gasteiger partial charge in [-0.2, -0.15) is 0 Å². The molecule has 1 unspecified atom stereocenters. The van der Waals surface area contributed by atoms with Crippen molar-refractivity contribution in [3.05, 3.63) is 0 Å². The van der Waals surface area contributed by atoms with Crippen molar-refractivity contribution in [2.45, 2.75) is 38.6 Å². The molecule has 7 nitrogen and oxygen atoms in total. The van der Waals surface area contributed by atoms with Gasteiger partial charge in [0, 0.05) is 51.8 Å². The SMILES string of the molecule is COCC(C)NC(N)=NCCN1CCN(C(=O)C2CCCC2)CC1. The highest BCUT2D eigenvalue weighted by molar-refractivity contribution is 5.79. The minimum atomic E-state index is 0.156. The zero-order valence-corrected chi connectivity index (χ0v) is 15.2. The summed E-state index contributed by atoms with van der Waals surface area (Å²) in [6, 6.07) is 0.156. The summed E-state index contributed by atoms with van der Waals surface area (Å²) in [6.45, 7) is 7.72. The van der Waals surface area contributed by atoms with Crippen molar-refractivity contribution in [2.24, 2.45) is 16.6 Å². The Balaban J connectivity index is 1.63. The number of carbonyl (C=O) groups excluding carboxylic acids is 1. The van der Waals surface area contributed by atoms with E-state index in [1.165, 1.54) is 12.8 Å². The fourth-order valence-corrected chi connectivity index (χ4v) is 3.52. The monoisotopic (exact) mass is 339 g/mol. The molecule has 1 aliphatic heterocycles. The van der Waals surface area contributed by atoms with Gasteiger partial charge in [-0.25, -0.2) is 0 Å². The van der Waals surface area contributed by atoms with Gasteiger partial charge in [0.1, 0.15) is 0 Å². The van der Waals surface area contributed by atoms with Gasteiger partial charge < -0.3 is 20.7 Å². The Morgan fingerprint density at radius 2 is 1.96 bits per heavy atom. The van der Waals surface area contributed by atoms with Crippen LogP contribution in [0.25, 0.3) is 0 Å². The maximum atomic E-state index is 12.4. The summed E-state index contributed by atoms with van der Waals surface area (Å²) in [5, 5.41) is 3.10. The lowest BCUT2D eigenvalue weighted by molar-refractivity contribution is -0.137. The molecular formula is C17H33N5O2. The zero-order valence-electron chi connectivity index (χ0n) is 15.2. The van der Waals surface area contributed by atoms with Gasteiger partial charge in [0.25, 0.3) is 0 Å². The number of nitrogens with zero attached hydrogens (tertiary/aromatic N) is 3. The quantitative estimate of drug-likeness (QED) is 0.513. The van der Waals surface area contributed by atoms with Gasteiger partial charge in [-0.3, -0.25) is 14.7 Å². The first kappa shape index (κ1) is 19.0. The van der Waals surface area contributed by atoms with Crippen LogP contribution in [0.4, 0.5) is 0 Å². The van der Waals surface area contributed by atoms with E-state index in [1.54, 1.807) is 7.11 Å². The molecule has 0 spiro atoms. The van der Waals surface area contributed by atoms with E-state index >= 15 is 0 Å². The van der Waals surface area contributed by atoms with Gasteiger partial charge in [0.05, 0.1) is 13.2 Å². The summed E-state index contributed by atoms with van der Waals surface area (Å²) >= 11 is 0. The van der Waals surface area contributed by atoms with Crippen molar-refractivity contribution in [2.75, 3.05) is 53.0 Å². The van der Waals surface area contributed by atoms with E-state index < -0.39 is 0 Å². The number of nitrogens with one attached hydrogen (secondary N) is 1. The first-order valence-corrected chi connectivity index (χ1v) is 9.16. The Morgan fingerprint density at radius 3 is 2.58 bits per heavy atom. The molecule has 2 rings (SSSR count). The van der Waals surface area contributed by atoms with E-state index in [1.807, 2.05) is 6.92 Å². The van der Waals surface area contributed by atoms with Crippen molar-refractivity contribution >= 4 is 11.9 Å². The minimum Gasteiger partial charge on any atom is -0.383 e. The second-order valence-corrected chi connectivity index (χ2v) is 6.92. The molecule has 24 heavy (non-hydrogen) atoms. The van der Waals surface area contributed by atoms with Crippen LogP contribution in [0.5, 0.6) is 0 Å². The van der Waals surface area contributed by atoms with Gasteiger partial charge in [-0.1, -0.05) is 12.8 Å². The number of hydrogen-bond donors (Lipinski definition) is 2. The third-order valence-corrected chi connectivity index (χ3v) is 4.90. The molecule has 0 bridgehead atoms. The van der Waals surface area contributed by atoms with E-state index in [2.05, 4.69) is 20.1 Å². The average Bonchev–Trinajstić information content (AvgIpc) is 3.09. The number of hydrogen-bond acceptors (Lipinski definition) is 4. The molecule has 0 aromatic rings. The molecule has 0 aromatic heterocycles. The Hall–Kier alpha value is -1.34. The molecule has 2 aliphatic rings. The molecule has 0 aromatic carbocycles. The molecule has 1 aliphatic carbocycles. The number of aliphatic imine (C=N–C) groups is 1. The molecule has 1 saturated carbocycles. The van der Waals surface area contributed by atoms with E-state index in [0.29, 0.717) is 30.9 Å². The largest absolute Gasteiger partial charge is 0.383 e. The highest BCUT2D eigenvalue weighted by atomic mass is 16.5. The van der Waals surface area contributed by atoms with Crippen LogP contribution in [0.15, 0.2) is 4.99 Å². The third-order valence-electron chi connectivity index (χ3n) is 4.90. The number of methoxy groups -OCH3 is 1. The smallest absolute Gasteiger partial charge is 0.225 e. The Bertz CT molecular complexity index is 415. The highest BCUT2D eigenvalue weighted by Crippen LogP contribution is 2.26. The van der Waals surface area contributed by atoms with Crippen molar-refractivity contribution < 1.29 is 9.53 Å². The lowest BCUT2D eigenvalue weighted by Gasteiger charge is -2.35. The lowest BCUT2D eigenvalue weighted by atomic mass is 10.1. The Morgan fingerprint density at radius 1 is 1.29 bits per heavy atom. The maximum absolute atomic E-state index is 12.4. The molecule has 7 heteroatoms. The second kappa shape index (κ2) is 9.84. The Labute approximate surface area is 145 Å². The molecule has 0 radical (unpaired) electrons. The molecule has 1 atom stereocenters. The summed E-state index contributed by atoms with van der Waals surface area (Å²) in [6.07, 6.45) is 4.60. The van der Waals surface area contributed by atoms with E-state index in [4.69, 9.17) is 10.5 Å². The van der Waals surface area contributed by atoms with Crippen molar-refractivity contribution in [3.8, 4) is 0 Å². The van der Waals surface area contributed by atoms with E-state index in [0.717, 1.165) is 45.6 Å². The fourth-order valence-electron chi connectivity index (χ4n) is 3.52. The normalized spacial score (nSPS) is 21.9. The molecule has 3 N–H and O–H groups in total. The molecule has 1 heterocycles. The number of rotatable bonds is 7. The summed E-state index contributed by atoms with van der Waals surface area (Å²) in [5.74, 6) is 1.14. The van der Waals surface area contributed by atoms with E-state index in [9.17, 15) is 4.79 Å². The number of guanidine groups is 1. The maximum Gasteiger partial charge on any atom is 0.225 e. The van der Waals surface area contributed by atoms with Gasteiger partial charge >= 0.3 is 0 Å². The van der Waals surface area contributed by atoms with Crippen LogP contribution in [-0.2, 0) is 9.53 Å². The van der Waals surface area contributed by atoms with Crippen LogP contribution in [0.3, 0.4) is 0 Å². The zero-order chi connectivity index (χ0) is 17.4. The minimum absolute atomic E-state index is 0.156. The number of ether oxygens (including phenoxy) is 1. The summed E-state index contributed by atoms with van der Waals surface area (Å²) in [7, 11) is 1.67. The van der Waals surface area contributed by atoms with Crippen LogP contribution in [0.1, 0.15) is 32.6 Å². The average molecular weight is 339 g/mol. The van der Waals surface area contributed by atoms with Gasteiger partial charge in [0.2, 0.25) is 5.91 Å². The van der Waals surface area contributed by atoms with Crippen LogP contribution in [0.2, 0.25) is 0 Å². The van der Waals surface area contributed by atoms with Crippen LogP contribution >= 0.6 is 0 Å². The first-order valence-electron chi connectivity index (χ1n) is 9.16. The standard InChI is InChI=1S/C17H33N5O2/c1-14(13-24-2)20-17(18)19-7-8-21-9-11-22(12-10-21)16(23)15-5-3-4-6-15/h14-15H,3-13H2,1-2H3,(H3,18,19,20). The van der Waals surface area contributed by atoms with Crippen LogP contribution in [0, 0.1) is 5.92 Å². The molecule has 1 saturated heterocycles. The molecule has 138 valence electrons. The van der Waals surface area contributed by atoms with Crippen molar-refractivity contribution in [1.29, 1.82) is 0 Å². The highest BCUT2D eigenvalue weighted by Gasteiger charge is 2.29. The van der Waals surface area contributed by atoms with Crippen molar-refractivity contribution in [1.82, 2.24) is 15.1 Å². The van der Waals surface area contributed by atoms with Gasteiger partial charge in [0.15, 0.2) is 5.96 Å². The molecule has 2 fully saturated rings. The third kappa shape index (κ3) is 5.94. The number of carbonyl (C=O) groups is 1. The molecular weight excluding hydrogens is 306 g/mol. The van der Waals surface area contributed by atoms with Crippen molar-refractivity contribution in [3.63, 3.8) is 0 Å².